The van der Waals surface area contributed by atoms with Crippen LogP contribution < -0.4 is 0 Å². The van der Waals surface area contributed by atoms with Crippen molar-refractivity contribution in [1.29, 1.82) is 0 Å². The lowest BCUT2D eigenvalue weighted by Gasteiger charge is -2.06. The van der Waals surface area contributed by atoms with Gasteiger partial charge in [0.25, 0.3) is 0 Å². The van der Waals surface area contributed by atoms with Crippen LogP contribution >= 0.6 is 0 Å². The quantitative estimate of drug-likeness (QED) is 0.537. The highest BCUT2D eigenvalue weighted by Gasteiger charge is 2.11. The van der Waals surface area contributed by atoms with Crippen molar-refractivity contribution >= 4 is 22.4 Å². The summed E-state index contributed by atoms with van der Waals surface area (Å²) in [5.41, 5.74) is 2.41. The Hall–Kier alpha value is -3.14. The lowest BCUT2D eigenvalue weighted by atomic mass is 10.1. The van der Waals surface area contributed by atoms with Crippen LogP contribution in [0.2, 0.25) is 0 Å². The zero-order valence-corrected chi connectivity index (χ0v) is 13.1. The van der Waals surface area contributed by atoms with Crippen molar-refractivity contribution in [3.05, 3.63) is 84.3 Å². The van der Waals surface area contributed by atoms with E-state index in [4.69, 9.17) is 4.74 Å². The van der Waals surface area contributed by atoms with Crippen molar-refractivity contribution in [3.63, 3.8) is 0 Å². The molecule has 118 valence electrons. The van der Waals surface area contributed by atoms with E-state index in [1.807, 2.05) is 71.4 Å². The van der Waals surface area contributed by atoms with Gasteiger partial charge in [-0.15, -0.1) is 0 Å². The Morgan fingerprint density at radius 3 is 2.75 bits per heavy atom. The molecule has 4 heteroatoms. The van der Waals surface area contributed by atoms with Crippen LogP contribution in [0, 0.1) is 0 Å². The predicted molar refractivity (Wildman–Crippen MR) is 93.1 cm³/mol. The zero-order valence-electron chi connectivity index (χ0n) is 13.1. The van der Waals surface area contributed by atoms with E-state index in [2.05, 4.69) is 4.98 Å². The summed E-state index contributed by atoms with van der Waals surface area (Å²) in [4.78, 5) is 16.9. The van der Waals surface area contributed by atoms with Gasteiger partial charge in [-0.25, -0.2) is 9.78 Å². The molecule has 24 heavy (non-hydrogen) atoms. The third-order valence-corrected chi connectivity index (χ3v) is 4.01. The third kappa shape index (κ3) is 2.74. The molecule has 0 aliphatic carbocycles. The molecule has 2 heterocycles. The highest BCUT2D eigenvalue weighted by Crippen LogP contribution is 2.19. The Morgan fingerprint density at radius 2 is 1.83 bits per heavy atom. The van der Waals surface area contributed by atoms with Gasteiger partial charge in [0.2, 0.25) is 0 Å². The lowest BCUT2D eigenvalue weighted by Crippen LogP contribution is -2.08. The Bertz CT molecular complexity index is 982. The second-order valence-corrected chi connectivity index (χ2v) is 5.61. The smallest absolute Gasteiger partial charge is 0.338 e. The largest absolute Gasteiger partial charge is 0.462 e. The highest BCUT2D eigenvalue weighted by molar-refractivity contribution is 6.04. The summed E-state index contributed by atoms with van der Waals surface area (Å²) in [5.74, 6) is -0.296. The maximum absolute atomic E-state index is 12.4. The van der Waals surface area contributed by atoms with Crippen LogP contribution in [0.4, 0.5) is 0 Å². The van der Waals surface area contributed by atoms with Gasteiger partial charge in [-0.1, -0.05) is 42.5 Å². The maximum atomic E-state index is 12.4. The van der Waals surface area contributed by atoms with Crippen LogP contribution in [0.3, 0.4) is 0 Å². The van der Waals surface area contributed by atoms with Crippen molar-refractivity contribution < 1.29 is 9.53 Å². The molecule has 0 spiro atoms. The number of carbonyl (C=O) groups excluding carboxylic acids is 1. The number of nitrogens with zero attached hydrogens (tertiary/aromatic N) is 2. The molecule has 4 aromatic rings. The SMILES string of the molecule is O=C(OCCc1cn2ccccc2n1)c1cccc2ccccc12. The summed E-state index contributed by atoms with van der Waals surface area (Å²) in [6, 6.07) is 19.3. The second kappa shape index (κ2) is 6.16. The van der Waals surface area contributed by atoms with E-state index < -0.39 is 0 Å². The molecule has 4 rings (SSSR count). The number of hydrogen-bond acceptors (Lipinski definition) is 3. The average Bonchev–Trinajstić information content (AvgIpc) is 3.04. The first kappa shape index (κ1) is 14.5. The van der Waals surface area contributed by atoms with Crippen molar-refractivity contribution in [2.24, 2.45) is 0 Å². The van der Waals surface area contributed by atoms with Crippen LogP contribution in [-0.2, 0) is 11.2 Å². The van der Waals surface area contributed by atoms with E-state index in [9.17, 15) is 4.79 Å². The molecule has 4 nitrogen and oxygen atoms in total. The van der Waals surface area contributed by atoms with Gasteiger partial charge in [-0.3, -0.25) is 0 Å². The van der Waals surface area contributed by atoms with Crippen LogP contribution in [0.5, 0.6) is 0 Å². The molecular formula is C20H16N2O2. The number of esters is 1. The normalized spacial score (nSPS) is 11.0. The Balaban J connectivity index is 1.46. The van der Waals surface area contributed by atoms with Gasteiger partial charge in [0.15, 0.2) is 0 Å². The fraction of sp³-hybridized carbons (Fsp3) is 0.100. The molecule has 0 radical (unpaired) electrons. The number of ether oxygens (including phenoxy) is 1. The molecular weight excluding hydrogens is 300 g/mol. The highest BCUT2D eigenvalue weighted by atomic mass is 16.5. The lowest BCUT2D eigenvalue weighted by molar-refractivity contribution is 0.0511. The van der Waals surface area contributed by atoms with E-state index in [1.54, 1.807) is 6.07 Å². The van der Waals surface area contributed by atoms with E-state index in [-0.39, 0.29) is 5.97 Å². The minimum atomic E-state index is -0.296. The number of rotatable bonds is 4. The fourth-order valence-corrected chi connectivity index (χ4v) is 2.84. The molecule has 0 aliphatic rings. The van der Waals surface area contributed by atoms with Gasteiger partial charge in [0.1, 0.15) is 5.65 Å². The molecule has 0 bridgehead atoms. The monoisotopic (exact) mass is 316 g/mol. The zero-order chi connectivity index (χ0) is 16.4. The number of fused-ring (bicyclic) bond motifs is 2. The third-order valence-electron chi connectivity index (χ3n) is 4.01. The summed E-state index contributed by atoms with van der Waals surface area (Å²) in [7, 11) is 0. The summed E-state index contributed by atoms with van der Waals surface area (Å²) in [6.45, 7) is 0.311. The molecule has 2 aromatic carbocycles. The van der Waals surface area contributed by atoms with Gasteiger partial charge in [-0.05, 0) is 29.0 Å². The van der Waals surface area contributed by atoms with Crippen molar-refractivity contribution in [2.45, 2.75) is 6.42 Å². The first-order valence-electron chi connectivity index (χ1n) is 7.89. The molecule has 0 saturated heterocycles. The van der Waals surface area contributed by atoms with E-state index >= 15 is 0 Å². The molecule has 0 amide bonds. The number of imidazole rings is 1. The molecule has 2 aromatic heterocycles. The second-order valence-electron chi connectivity index (χ2n) is 5.61. The minimum absolute atomic E-state index is 0.296. The molecule has 0 saturated carbocycles. The molecule has 0 unspecified atom stereocenters. The van der Waals surface area contributed by atoms with Gasteiger partial charge in [0, 0.05) is 18.8 Å². The van der Waals surface area contributed by atoms with Crippen molar-refractivity contribution in [2.75, 3.05) is 6.61 Å². The first-order valence-corrected chi connectivity index (χ1v) is 7.89. The van der Waals surface area contributed by atoms with Gasteiger partial charge in [0.05, 0.1) is 17.9 Å². The van der Waals surface area contributed by atoms with Crippen LogP contribution in [0.15, 0.2) is 73.1 Å². The number of carbonyl (C=O) groups is 1. The van der Waals surface area contributed by atoms with Crippen molar-refractivity contribution in [3.8, 4) is 0 Å². The number of aromatic nitrogens is 2. The van der Waals surface area contributed by atoms with E-state index in [1.165, 1.54) is 0 Å². The molecule has 0 aliphatic heterocycles. The molecule has 0 N–H and O–H groups in total. The van der Waals surface area contributed by atoms with E-state index in [0.29, 0.717) is 18.6 Å². The number of benzene rings is 2. The van der Waals surface area contributed by atoms with E-state index in [0.717, 1.165) is 22.1 Å². The Morgan fingerprint density at radius 1 is 1.00 bits per heavy atom. The standard InChI is InChI=1S/C20H16N2O2/c23-20(18-9-5-7-15-6-1-2-8-17(15)18)24-13-11-16-14-22-12-4-3-10-19(22)21-16/h1-10,12,14H,11,13H2. The summed E-state index contributed by atoms with van der Waals surface area (Å²) >= 11 is 0. The Labute approximate surface area is 139 Å². The fourth-order valence-electron chi connectivity index (χ4n) is 2.84. The van der Waals surface area contributed by atoms with Gasteiger partial charge >= 0.3 is 5.97 Å². The van der Waals surface area contributed by atoms with Crippen LogP contribution in [0.25, 0.3) is 16.4 Å². The average molecular weight is 316 g/mol. The van der Waals surface area contributed by atoms with Gasteiger partial charge in [-0.2, -0.15) is 0 Å². The summed E-state index contributed by atoms with van der Waals surface area (Å²) < 4.78 is 7.41. The number of pyridine rings is 1. The minimum Gasteiger partial charge on any atom is -0.462 e. The van der Waals surface area contributed by atoms with Crippen LogP contribution in [-0.4, -0.2) is 22.0 Å². The van der Waals surface area contributed by atoms with Gasteiger partial charge < -0.3 is 9.14 Å². The molecule has 0 fully saturated rings. The number of hydrogen-bond donors (Lipinski definition) is 0. The van der Waals surface area contributed by atoms with Crippen LogP contribution in [0.1, 0.15) is 16.1 Å². The maximum Gasteiger partial charge on any atom is 0.338 e. The molecule has 0 atom stereocenters. The predicted octanol–water partition coefficient (Wildman–Crippen LogP) is 3.89. The summed E-state index contributed by atoms with van der Waals surface area (Å²) in [6.07, 6.45) is 4.51. The Kier molecular flexibility index (Phi) is 3.71. The summed E-state index contributed by atoms with van der Waals surface area (Å²) in [5, 5.41) is 1.95. The first-order chi connectivity index (χ1) is 11.8. The topological polar surface area (TPSA) is 43.6 Å². The van der Waals surface area contributed by atoms with Crippen molar-refractivity contribution in [1.82, 2.24) is 9.38 Å².